The fourth-order valence-corrected chi connectivity index (χ4v) is 2.76. The van der Waals surface area contributed by atoms with Crippen LogP contribution in [0.3, 0.4) is 0 Å². The van der Waals surface area contributed by atoms with Crippen molar-refractivity contribution in [3.05, 3.63) is 57.3 Å². The zero-order valence-electron chi connectivity index (χ0n) is 11.2. The molecular weight excluding hydrogens is 316 g/mol. The summed E-state index contributed by atoms with van der Waals surface area (Å²) < 4.78 is 0.799. The lowest BCUT2D eigenvalue weighted by molar-refractivity contribution is 0.102. The van der Waals surface area contributed by atoms with E-state index < -0.39 is 0 Å². The number of carbonyl (C=O) groups is 1. The lowest BCUT2D eigenvalue weighted by atomic mass is 10.1. The van der Waals surface area contributed by atoms with Gasteiger partial charge in [0.2, 0.25) is 0 Å². The van der Waals surface area contributed by atoms with Crippen molar-refractivity contribution in [1.82, 2.24) is 4.98 Å². The molecule has 102 valence electrons. The Morgan fingerprint density at radius 3 is 2.85 bits per heavy atom. The molecule has 2 aromatic rings. The van der Waals surface area contributed by atoms with Crippen LogP contribution >= 0.6 is 15.9 Å². The second-order valence-corrected chi connectivity index (χ2v) is 5.87. The first kappa shape index (κ1) is 13.3. The van der Waals surface area contributed by atoms with Gasteiger partial charge in [-0.15, -0.1) is 0 Å². The number of rotatable bonds is 2. The van der Waals surface area contributed by atoms with E-state index in [9.17, 15) is 4.79 Å². The van der Waals surface area contributed by atoms with Gasteiger partial charge in [0.25, 0.3) is 5.91 Å². The average molecular weight is 331 g/mol. The molecule has 1 aromatic carbocycles. The van der Waals surface area contributed by atoms with Crippen LogP contribution in [0.2, 0.25) is 0 Å². The van der Waals surface area contributed by atoms with E-state index in [0.717, 1.165) is 28.7 Å². The van der Waals surface area contributed by atoms with Gasteiger partial charge in [0.15, 0.2) is 0 Å². The van der Waals surface area contributed by atoms with Crippen LogP contribution in [0.5, 0.6) is 0 Å². The summed E-state index contributed by atoms with van der Waals surface area (Å²) in [6.45, 7) is 1.95. The first-order valence-electron chi connectivity index (χ1n) is 6.69. The molecule has 0 atom stereocenters. The molecule has 0 saturated carbocycles. The first-order chi connectivity index (χ1) is 9.63. The van der Waals surface area contributed by atoms with Gasteiger partial charge in [0.1, 0.15) is 4.60 Å². The van der Waals surface area contributed by atoms with Crippen LogP contribution in [0.15, 0.2) is 35.1 Å². The molecule has 1 aromatic heterocycles. The van der Waals surface area contributed by atoms with Crippen LogP contribution < -0.4 is 5.32 Å². The Kier molecular flexibility index (Phi) is 3.57. The predicted molar refractivity (Wildman–Crippen MR) is 83.1 cm³/mol. The summed E-state index contributed by atoms with van der Waals surface area (Å²) in [5.41, 5.74) is 5.12. The van der Waals surface area contributed by atoms with Gasteiger partial charge >= 0.3 is 0 Å². The number of amides is 1. The van der Waals surface area contributed by atoms with Gasteiger partial charge in [-0.1, -0.05) is 6.07 Å². The summed E-state index contributed by atoms with van der Waals surface area (Å²) in [6.07, 6.45) is 5.06. The Hall–Kier alpha value is -1.68. The molecule has 1 heterocycles. The first-order valence-corrected chi connectivity index (χ1v) is 7.48. The van der Waals surface area contributed by atoms with Crippen molar-refractivity contribution in [1.29, 1.82) is 0 Å². The number of nitrogens with zero attached hydrogens (tertiary/aromatic N) is 1. The summed E-state index contributed by atoms with van der Waals surface area (Å²) in [7, 11) is 0. The van der Waals surface area contributed by atoms with E-state index in [2.05, 4.69) is 32.3 Å². The van der Waals surface area contributed by atoms with Gasteiger partial charge in [0, 0.05) is 5.56 Å². The predicted octanol–water partition coefficient (Wildman–Crippen LogP) is 3.89. The van der Waals surface area contributed by atoms with E-state index >= 15 is 0 Å². The standard InChI is InChI=1S/C16H15BrN2O/c1-10-7-14(9-18-15(10)17)19-16(20)13-6-5-11-3-2-4-12(11)8-13/h5-9H,2-4H2,1H3,(H,19,20). The van der Waals surface area contributed by atoms with E-state index in [1.807, 2.05) is 25.1 Å². The lowest BCUT2D eigenvalue weighted by Crippen LogP contribution is -2.12. The summed E-state index contributed by atoms with van der Waals surface area (Å²) >= 11 is 3.35. The molecule has 0 bridgehead atoms. The maximum atomic E-state index is 12.3. The molecule has 0 fully saturated rings. The van der Waals surface area contributed by atoms with E-state index in [1.165, 1.54) is 17.5 Å². The third kappa shape index (κ3) is 2.61. The minimum absolute atomic E-state index is 0.0803. The molecule has 0 unspecified atom stereocenters. The number of pyridine rings is 1. The zero-order chi connectivity index (χ0) is 14.1. The van der Waals surface area contributed by atoms with E-state index in [0.29, 0.717) is 5.56 Å². The molecular formula is C16H15BrN2O. The third-order valence-corrected chi connectivity index (χ3v) is 4.46. The number of fused-ring (bicyclic) bond motifs is 1. The van der Waals surface area contributed by atoms with E-state index in [4.69, 9.17) is 0 Å². The topological polar surface area (TPSA) is 42.0 Å². The number of anilines is 1. The molecule has 3 nitrogen and oxygen atoms in total. The van der Waals surface area contributed by atoms with Crippen molar-refractivity contribution in [3.63, 3.8) is 0 Å². The van der Waals surface area contributed by atoms with Gasteiger partial charge in [-0.25, -0.2) is 4.98 Å². The Morgan fingerprint density at radius 1 is 1.25 bits per heavy atom. The average Bonchev–Trinajstić information content (AvgIpc) is 2.90. The number of hydrogen-bond donors (Lipinski definition) is 1. The Balaban J connectivity index is 1.80. The SMILES string of the molecule is Cc1cc(NC(=O)c2ccc3c(c2)CCC3)cnc1Br. The van der Waals surface area contributed by atoms with Gasteiger partial charge in [-0.2, -0.15) is 0 Å². The quantitative estimate of drug-likeness (QED) is 0.848. The third-order valence-electron chi connectivity index (χ3n) is 3.63. The van der Waals surface area contributed by atoms with Gasteiger partial charge < -0.3 is 5.32 Å². The second-order valence-electron chi connectivity index (χ2n) is 5.12. The van der Waals surface area contributed by atoms with Crippen molar-refractivity contribution in [2.45, 2.75) is 26.2 Å². The molecule has 0 aliphatic heterocycles. The van der Waals surface area contributed by atoms with Crippen molar-refractivity contribution >= 4 is 27.5 Å². The number of carbonyl (C=O) groups excluding carboxylic acids is 1. The number of hydrogen-bond acceptors (Lipinski definition) is 2. The molecule has 4 heteroatoms. The molecule has 1 aliphatic carbocycles. The van der Waals surface area contributed by atoms with Gasteiger partial charge in [-0.05, 0) is 77.0 Å². The highest BCUT2D eigenvalue weighted by atomic mass is 79.9. The Bertz CT molecular complexity index is 682. The smallest absolute Gasteiger partial charge is 0.255 e. The van der Waals surface area contributed by atoms with Gasteiger partial charge in [0.05, 0.1) is 11.9 Å². The minimum Gasteiger partial charge on any atom is -0.321 e. The van der Waals surface area contributed by atoms with Crippen molar-refractivity contribution in [3.8, 4) is 0 Å². The lowest BCUT2D eigenvalue weighted by Gasteiger charge is -2.08. The van der Waals surface area contributed by atoms with Crippen LogP contribution in [-0.4, -0.2) is 10.9 Å². The molecule has 0 spiro atoms. The summed E-state index contributed by atoms with van der Waals surface area (Å²) in [6, 6.07) is 7.89. The van der Waals surface area contributed by atoms with Gasteiger partial charge in [-0.3, -0.25) is 4.79 Å². The second kappa shape index (κ2) is 5.37. The molecule has 1 N–H and O–H groups in total. The van der Waals surface area contributed by atoms with Crippen LogP contribution in [0.1, 0.15) is 33.5 Å². The highest BCUT2D eigenvalue weighted by molar-refractivity contribution is 9.10. The maximum absolute atomic E-state index is 12.3. The number of halogens is 1. The van der Waals surface area contributed by atoms with Crippen LogP contribution in [0.25, 0.3) is 0 Å². The molecule has 3 rings (SSSR count). The van der Waals surface area contributed by atoms with Crippen molar-refractivity contribution < 1.29 is 4.79 Å². The Morgan fingerprint density at radius 2 is 2.05 bits per heavy atom. The highest BCUT2D eigenvalue weighted by Gasteiger charge is 2.14. The van der Waals surface area contributed by atoms with Crippen molar-refractivity contribution in [2.24, 2.45) is 0 Å². The number of nitrogens with one attached hydrogen (secondary N) is 1. The fourth-order valence-electron chi connectivity index (χ4n) is 2.54. The monoisotopic (exact) mass is 330 g/mol. The minimum atomic E-state index is -0.0803. The van der Waals surface area contributed by atoms with Crippen LogP contribution in [0, 0.1) is 6.92 Å². The van der Waals surface area contributed by atoms with Crippen LogP contribution in [0.4, 0.5) is 5.69 Å². The summed E-state index contributed by atoms with van der Waals surface area (Å²) in [5.74, 6) is -0.0803. The van der Waals surface area contributed by atoms with Crippen molar-refractivity contribution in [2.75, 3.05) is 5.32 Å². The van der Waals surface area contributed by atoms with Crippen LogP contribution in [-0.2, 0) is 12.8 Å². The summed E-state index contributed by atoms with van der Waals surface area (Å²) in [5, 5.41) is 2.90. The maximum Gasteiger partial charge on any atom is 0.255 e. The highest BCUT2D eigenvalue weighted by Crippen LogP contribution is 2.23. The largest absolute Gasteiger partial charge is 0.321 e. The molecule has 20 heavy (non-hydrogen) atoms. The van der Waals surface area contributed by atoms with E-state index in [1.54, 1.807) is 6.20 Å². The molecule has 0 radical (unpaired) electrons. The van der Waals surface area contributed by atoms with E-state index in [-0.39, 0.29) is 5.91 Å². The molecule has 1 amide bonds. The molecule has 1 aliphatic rings. The fraction of sp³-hybridized carbons (Fsp3) is 0.250. The summed E-state index contributed by atoms with van der Waals surface area (Å²) in [4.78, 5) is 16.4. The number of aryl methyl sites for hydroxylation is 3. The number of aromatic nitrogens is 1. The normalized spacial score (nSPS) is 13.1. The number of benzene rings is 1. The Labute approximate surface area is 126 Å². The zero-order valence-corrected chi connectivity index (χ0v) is 12.8. The molecule has 0 saturated heterocycles.